The van der Waals surface area contributed by atoms with E-state index < -0.39 is 0 Å². The summed E-state index contributed by atoms with van der Waals surface area (Å²) in [5.74, 6) is -0.0131. The third-order valence-corrected chi connectivity index (χ3v) is 3.78. The van der Waals surface area contributed by atoms with Crippen LogP contribution in [-0.4, -0.2) is 29.7 Å². The van der Waals surface area contributed by atoms with E-state index >= 15 is 0 Å². The molecule has 23 heavy (non-hydrogen) atoms. The van der Waals surface area contributed by atoms with Crippen LogP contribution in [0.3, 0.4) is 0 Å². The van der Waals surface area contributed by atoms with Crippen LogP contribution in [0.2, 0.25) is 0 Å². The van der Waals surface area contributed by atoms with Crippen LogP contribution in [0.5, 0.6) is 0 Å². The Kier molecular flexibility index (Phi) is 5.56. The number of benzene rings is 2. The van der Waals surface area contributed by atoms with Crippen molar-refractivity contribution in [2.45, 2.75) is 39.0 Å². The van der Waals surface area contributed by atoms with Crippen molar-refractivity contribution in [3.05, 3.63) is 71.8 Å². The number of rotatable bonds is 5. The first-order chi connectivity index (χ1) is 10.9. The highest BCUT2D eigenvalue weighted by molar-refractivity contribution is 5.94. The number of amides is 1. The van der Waals surface area contributed by atoms with Crippen LogP contribution in [0, 0.1) is 0 Å². The van der Waals surface area contributed by atoms with E-state index in [1.54, 1.807) is 7.11 Å². The van der Waals surface area contributed by atoms with E-state index in [4.69, 9.17) is 4.74 Å². The molecule has 1 amide bonds. The summed E-state index contributed by atoms with van der Waals surface area (Å²) in [5.41, 5.74) is 1.48. The predicted molar refractivity (Wildman–Crippen MR) is 93.3 cm³/mol. The van der Waals surface area contributed by atoms with E-state index in [-0.39, 0.29) is 17.7 Å². The Hall–Kier alpha value is -2.13. The third-order valence-electron chi connectivity index (χ3n) is 3.78. The molecule has 0 spiro atoms. The summed E-state index contributed by atoms with van der Waals surface area (Å²) in [4.78, 5) is 14.9. The molecule has 0 N–H and O–H groups in total. The van der Waals surface area contributed by atoms with Gasteiger partial charge >= 0.3 is 0 Å². The van der Waals surface area contributed by atoms with Gasteiger partial charge in [0, 0.05) is 24.6 Å². The lowest BCUT2D eigenvalue weighted by atomic mass is 10.0. The quantitative estimate of drug-likeness (QED) is 0.777. The van der Waals surface area contributed by atoms with Crippen molar-refractivity contribution in [1.82, 2.24) is 4.90 Å². The van der Waals surface area contributed by atoms with Crippen molar-refractivity contribution in [2.24, 2.45) is 0 Å². The Morgan fingerprint density at radius 3 is 2.00 bits per heavy atom. The largest absolute Gasteiger partial charge is 0.361 e. The normalized spacial score (nSPS) is 12.7. The van der Waals surface area contributed by atoms with E-state index in [2.05, 4.69) is 12.1 Å². The van der Waals surface area contributed by atoms with Crippen LogP contribution < -0.4 is 0 Å². The van der Waals surface area contributed by atoms with Crippen LogP contribution in [0.15, 0.2) is 60.7 Å². The molecule has 0 saturated heterocycles. The molecule has 0 aliphatic heterocycles. The van der Waals surface area contributed by atoms with Gasteiger partial charge in [-0.25, -0.2) is 0 Å². The average molecular weight is 311 g/mol. The van der Waals surface area contributed by atoms with Crippen molar-refractivity contribution < 1.29 is 9.53 Å². The summed E-state index contributed by atoms with van der Waals surface area (Å²) in [6, 6.07) is 19.5. The van der Waals surface area contributed by atoms with Crippen LogP contribution in [-0.2, 0) is 11.2 Å². The van der Waals surface area contributed by atoms with Gasteiger partial charge in [-0.2, -0.15) is 0 Å². The van der Waals surface area contributed by atoms with Gasteiger partial charge in [0.2, 0.25) is 0 Å². The maximum absolute atomic E-state index is 13.0. The highest BCUT2D eigenvalue weighted by atomic mass is 16.5. The smallest absolute Gasteiger partial charge is 0.256 e. The van der Waals surface area contributed by atoms with Gasteiger partial charge in [-0.3, -0.25) is 4.79 Å². The highest BCUT2D eigenvalue weighted by Gasteiger charge is 2.34. The summed E-state index contributed by atoms with van der Waals surface area (Å²) < 4.78 is 5.69. The minimum Gasteiger partial charge on any atom is -0.361 e. The van der Waals surface area contributed by atoms with E-state index in [0.717, 1.165) is 5.56 Å². The minimum atomic E-state index is -0.345. The molecule has 1 atom stereocenters. The molecule has 122 valence electrons. The van der Waals surface area contributed by atoms with Gasteiger partial charge in [-0.15, -0.1) is 0 Å². The molecule has 0 aromatic heterocycles. The van der Waals surface area contributed by atoms with Crippen molar-refractivity contribution >= 4 is 5.91 Å². The van der Waals surface area contributed by atoms with E-state index in [0.29, 0.717) is 12.0 Å². The van der Waals surface area contributed by atoms with Gasteiger partial charge in [0.25, 0.3) is 5.91 Å². The van der Waals surface area contributed by atoms with Crippen LogP contribution in [0.1, 0.15) is 36.7 Å². The van der Waals surface area contributed by atoms with E-state index in [1.807, 2.05) is 74.2 Å². The van der Waals surface area contributed by atoms with Crippen LogP contribution >= 0.6 is 0 Å². The molecule has 2 rings (SSSR count). The molecule has 1 unspecified atom stereocenters. The average Bonchev–Trinajstić information content (AvgIpc) is 2.54. The van der Waals surface area contributed by atoms with Gasteiger partial charge < -0.3 is 9.64 Å². The Morgan fingerprint density at radius 1 is 1.00 bits per heavy atom. The van der Waals surface area contributed by atoms with Gasteiger partial charge in [0.15, 0.2) is 0 Å². The topological polar surface area (TPSA) is 29.5 Å². The number of ether oxygens (including phenoxy) is 1. The molecule has 0 aliphatic carbocycles. The number of nitrogens with zero attached hydrogens (tertiary/aromatic N) is 1. The molecule has 0 fully saturated rings. The number of hydrogen-bond donors (Lipinski definition) is 0. The summed E-state index contributed by atoms with van der Waals surface area (Å²) >= 11 is 0. The maximum atomic E-state index is 13.0. The summed E-state index contributed by atoms with van der Waals surface area (Å²) in [5, 5.41) is 0. The molecule has 0 saturated carbocycles. The molecule has 0 aliphatic rings. The standard InChI is InChI=1S/C20H25NO2/c1-20(2,3)21(19(22)17-13-9-6-10-14-17)18(23-4)15-16-11-7-5-8-12-16/h5-14,18H,15H2,1-4H3. The molecule has 2 aromatic rings. The summed E-state index contributed by atoms with van der Waals surface area (Å²) in [6.07, 6.45) is 0.345. The third kappa shape index (κ3) is 4.42. The zero-order valence-corrected chi connectivity index (χ0v) is 14.3. The van der Waals surface area contributed by atoms with Gasteiger partial charge in [-0.05, 0) is 38.5 Å². The number of carbonyl (C=O) groups excluding carboxylic acids is 1. The monoisotopic (exact) mass is 311 g/mol. The van der Waals surface area contributed by atoms with Gasteiger partial charge in [0.05, 0.1) is 0 Å². The van der Waals surface area contributed by atoms with Crippen molar-refractivity contribution in [3.63, 3.8) is 0 Å². The molecular formula is C20H25NO2. The highest BCUT2D eigenvalue weighted by Crippen LogP contribution is 2.23. The Morgan fingerprint density at radius 2 is 1.52 bits per heavy atom. The molecule has 0 radical (unpaired) electrons. The number of carbonyl (C=O) groups is 1. The maximum Gasteiger partial charge on any atom is 0.256 e. The minimum absolute atomic E-state index is 0.0131. The van der Waals surface area contributed by atoms with Crippen molar-refractivity contribution in [1.29, 1.82) is 0 Å². The lowest BCUT2D eigenvalue weighted by Crippen LogP contribution is -2.53. The number of hydrogen-bond acceptors (Lipinski definition) is 2. The Labute approximate surface area is 138 Å². The van der Waals surface area contributed by atoms with Gasteiger partial charge in [-0.1, -0.05) is 48.5 Å². The SMILES string of the molecule is COC(Cc1ccccc1)N(C(=O)c1ccccc1)C(C)(C)C. The van der Waals surface area contributed by atoms with Crippen molar-refractivity contribution in [2.75, 3.05) is 7.11 Å². The Balaban J connectivity index is 2.31. The van der Waals surface area contributed by atoms with Crippen molar-refractivity contribution in [3.8, 4) is 0 Å². The fourth-order valence-electron chi connectivity index (χ4n) is 2.68. The number of methoxy groups -OCH3 is 1. The summed E-state index contributed by atoms with van der Waals surface area (Å²) in [7, 11) is 1.66. The second-order valence-corrected chi connectivity index (χ2v) is 6.59. The Bertz CT molecular complexity index is 617. The van der Waals surface area contributed by atoms with E-state index in [1.165, 1.54) is 0 Å². The summed E-state index contributed by atoms with van der Waals surface area (Å²) in [6.45, 7) is 6.10. The second kappa shape index (κ2) is 7.42. The first kappa shape index (κ1) is 17.2. The van der Waals surface area contributed by atoms with E-state index in [9.17, 15) is 4.79 Å². The van der Waals surface area contributed by atoms with Crippen LogP contribution in [0.25, 0.3) is 0 Å². The molecule has 0 bridgehead atoms. The first-order valence-corrected chi connectivity index (χ1v) is 7.89. The zero-order chi connectivity index (χ0) is 16.9. The first-order valence-electron chi connectivity index (χ1n) is 7.89. The fourth-order valence-corrected chi connectivity index (χ4v) is 2.68. The second-order valence-electron chi connectivity index (χ2n) is 6.59. The predicted octanol–water partition coefficient (Wildman–Crippen LogP) is 4.14. The lowest BCUT2D eigenvalue weighted by Gasteiger charge is -2.41. The molecule has 3 heteroatoms. The molecule has 2 aromatic carbocycles. The molecule has 0 heterocycles. The lowest BCUT2D eigenvalue weighted by molar-refractivity contribution is -0.0552. The van der Waals surface area contributed by atoms with Gasteiger partial charge in [0.1, 0.15) is 6.23 Å². The molecular weight excluding hydrogens is 286 g/mol. The molecule has 3 nitrogen and oxygen atoms in total. The van der Waals surface area contributed by atoms with Crippen LogP contribution in [0.4, 0.5) is 0 Å². The fraction of sp³-hybridized carbons (Fsp3) is 0.350. The zero-order valence-electron chi connectivity index (χ0n) is 14.3.